The van der Waals surface area contributed by atoms with Crippen LogP contribution in [-0.4, -0.2) is 34.6 Å². The molecule has 0 saturated carbocycles. The van der Waals surface area contributed by atoms with Gasteiger partial charge in [0, 0.05) is 23.7 Å². The number of anilines is 1. The molecule has 0 spiro atoms. The number of aliphatic hydroxyl groups excluding tert-OH is 1. The number of nitrogens with two attached hydrogens (primary N) is 1. The van der Waals surface area contributed by atoms with Crippen molar-refractivity contribution >= 4 is 17.0 Å². The Morgan fingerprint density at radius 3 is 2.83 bits per heavy atom. The molecule has 0 amide bonds. The Balaban J connectivity index is 1.61. The molecule has 6 nitrogen and oxygen atoms in total. The molecule has 29 heavy (non-hydrogen) atoms. The van der Waals surface area contributed by atoms with Crippen LogP contribution in [0.3, 0.4) is 0 Å². The number of rotatable bonds is 7. The lowest BCUT2D eigenvalue weighted by molar-refractivity contribution is 0.244. The molecule has 1 atom stereocenters. The van der Waals surface area contributed by atoms with Crippen molar-refractivity contribution in [3.05, 3.63) is 47.5 Å². The second-order valence-corrected chi connectivity index (χ2v) is 8.45. The maximum absolute atomic E-state index is 9.10. The van der Waals surface area contributed by atoms with Crippen LogP contribution in [0.4, 0.5) is 5.69 Å². The third-order valence-electron chi connectivity index (χ3n) is 5.05. The first-order valence-electron chi connectivity index (χ1n) is 9.93. The molecule has 4 rings (SSSR count). The van der Waals surface area contributed by atoms with Gasteiger partial charge in [-0.1, -0.05) is 29.5 Å². The van der Waals surface area contributed by atoms with Gasteiger partial charge in [0.2, 0.25) is 0 Å². The Kier molecular flexibility index (Phi) is 5.80. The average Bonchev–Trinajstić information content (AvgIpc) is 3.35. The molecule has 3 aromatic rings. The van der Waals surface area contributed by atoms with E-state index in [0.29, 0.717) is 18.0 Å². The smallest absolute Gasteiger partial charge is 0.148 e. The Hall–Kier alpha value is -2.48. The second-order valence-electron chi connectivity index (χ2n) is 7.47. The molecule has 1 aliphatic carbocycles. The van der Waals surface area contributed by atoms with Crippen molar-refractivity contribution in [1.82, 2.24) is 15.5 Å². The zero-order valence-corrected chi connectivity index (χ0v) is 17.5. The number of benzene rings is 2. The van der Waals surface area contributed by atoms with Gasteiger partial charge in [0.1, 0.15) is 15.8 Å². The van der Waals surface area contributed by atoms with Crippen LogP contribution in [0.15, 0.2) is 36.4 Å². The van der Waals surface area contributed by atoms with E-state index in [1.54, 1.807) is 11.3 Å². The standard InChI is InChI=1S/C22H26N4O2S/c1-13(2)28-20-9-6-14(12-18(20)23)21-25-26-22(29-21)17-5-3-4-16-15(17)7-8-19(16)24-10-11-27/h3-6,9,12-13,19,24,27H,7-8,10-11,23H2,1-2H3/t19-/m0/s1. The highest BCUT2D eigenvalue weighted by molar-refractivity contribution is 7.17. The van der Waals surface area contributed by atoms with E-state index in [9.17, 15) is 0 Å². The lowest BCUT2D eigenvalue weighted by Gasteiger charge is -2.13. The average molecular weight is 411 g/mol. The van der Waals surface area contributed by atoms with Crippen molar-refractivity contribution in [1.29, 1.82) is 0 Å². The van der Waals surface area contributed by atoms with Crippen LogP contribution in [0.2, 0.25) is 0 Å². The van der Waals surface area contributed by atoms with E-state index < -0.39 is 0 Å². The lowest BCUT2D eigenvalue weighted by atomic mass is 10.0. The number of hydrogen-bond acceptors (Lipinski definition) is 7. The number of fused-ring (bicyclic) bond motifs is 1. The quantitative estimate of drug-likeness (QED) is 0.513. The summed E-state index contributed by atoms with van der Waals surface area (Å²) in [4.78, 5) is 0. The van der Waals surface area contributed by atoms with Gasteiger partial charge in [-0.2, -0.15) is 0 Å². The lowest BCUT2D eigenvalue weighted by Crippen LogP contribution is -2.22. The Morgan fingerprint density at radius 2 is 2.07 bits per heavy atom. The summed E-state index contributed by atoms with van der Waals surface area (Å²) in [6, 6.07) is 12.4. The van der Waals surface area contributed by atoms with Crippen molar-refractivity contribution in [3.63, 3.8) is 0 Å². The summed E-state index contributed by atoms with van der Waals surface area (Å²) in [6.07, 6.45) is 2.11. The minimum Gasteiger partial charge on any atom is -0.489 e. The van der Waals surface area contributed by atoms with Gasteiger partial charge in [0.05, 0.1) is 18.4 Å². The molecule has 152 valence electrons. The molecule has 0 bridgehead atoms. The number of nitrogen functional groups attached to an aromatic ring is 1. The molecule has 0 aliphatic heterocycles. The number of hydrogen-bond donors (Lipinski definition) is 3. The monoisotopic (exact) mass is 410 g/mol. The van der Waals surface area contributed by atoms with Crippen LogP contribution in [0.5, 0.6) is 5.75 Å². The van der Waals surface area contributed by atoms with Crippen LogP contribution in [0.1, 0.15) is 37.4 Å². The molecule has 0 unspecified atom stereocenters. The maximum Gasteiger partial charge on any atom is 0.148 e. The van der Waals surface area contributed by atoms with Crippen molar-refractivity contribution in [2.24, 2.45) is 0 Å². The van der Waals surface area contributed by atoms with Crippen molar-refractivity contribution in [2.75, 3.05) is 18.9 Å². The SMILES string of the molecule is CC(C)Oc1ccc(-c2nnc(-c3cccc4c3CC[C@@H]4NCCO)s2)cc1N. The molecule has 1 heterocycles. The van der Waals surface area contributed by atoms with Gasteiger partial charge in [-0.3, -0.25) is 0 Å². The molecule has 1 aromatic heterocycles. The van der Waals surface area contributed by atoms with Crippen LogP contribution in [0, 0.1) is 0 Å². The first kappa shape index (κ1) is 19.8. The van der Waals surface area contributed by atoms with E-state index in [1.165, 1.54) is 11.1 Å². The fourth-order valence-electron chi connectivity index (χ4n) is 3.80. The van der Waals surface area contributed by atoms with Crippen molar-refractivity contribution in [3.8, 4) is 26.9 Å². The summed E-state index contributed by atoms with van der Waals surface area (Å²) in [7, 11) is 0. The fraction of sp³-hybridized carbons (Fsp3) is 0.364. The van der Waals surface area contributed by atoms with Crippen LogP contribution >= 0.6 is 11.3 Å². The minimum atomic E-state index is 0.0761. The highest BCUT2D eigenvalue weighted by atomic mass is 32.1. The number of nitrogens with zero attached hydrogens (tertiary/aromatic N) is 2. The summed E-state index contributed by atoms with van der Waals surface area (Å²) in [5.74, 6) is 0.691. The third kappa shape index (κ3) is 4.12. The summed E-state index contributed by atoms with van der Waals surface area (Å²) in [5, 5.41) is 23.2. The van der Waals surface area contributed by atoms with E-state index in [0.717, 1.165) is 34.0 Å². The Bertz CT molecular complexity index is 1000. The second kappa shape index (κ2) is 8.49. The van der Waals surface area contributed by atoms with Crippen LogP contribution < -0.4 is 15.8 Å². The molecule has 7 heteroatoms. The highest BCUT2D eigenvalue weighted by Gasteiger charge is 2.25. The molecule has 2 aromatic carbocycles. The van der Waals surface area contributed by atoms with Gasteiger partial charge in [0.25, 0.3) is 0 Å². The highest BCUT2D eigenvalue weighted by Crippen LogP contribution is 2.40. The summed E-state index contributed by atoms with van der Waals surface area (Å²) < 4.78 is 5.72. The molecular formula is C22H26N4O2S. The van der Waals surface area contributed by atoms with Gasteiger partial charge in [-0.25, -0.2) is 0 Å². The van der Waals surface area contributed by atoms with Crippen molar-refractivity contribution in [2.45, 2.75) is 38.8 Å². The van der Waals surface area contributed by atoms with E-state index in [-0.39, 0.29) is 18.8 Å². The normalized spacial score (nSPS) is 15.7. The predicted octanol–water partition coefficient (Wildman–Crippen LogP) is 3.81. The summed E-state index contributed by atoms with van der Waals surface area (Å²) in [6.45, 7) is 4.71. The van der Waals surface area contributed by atoms with Crippen LogP contribution in [0.25, 0.3) is 21.1 Å². The number of ether oxygens (including phenoxy) is 1. The molecular weight excluding hydrogens is 384 g/mol. The minimum absolute atomic E-state index is 0.0761. The maximum atomic E-state index is 9.10. The van der Waals surface area contributed by atoms with Gasteiger partial charge in [0.15, 0.2) is 0 Å². The molecule has 4 N–H and O–H groups in total. The largest absolute Gasteiger partial charge is 0.489 e. The summed E-state index contributed by atoms with van der Waals surface area (Å²) in [5.41, 5.74) is 11.5. The molecule has 0 fully saturated rings. The summed E-state index contributed by atoms with van der Waals surface area (Å²) >= 11 is 1.57. The van der Waals surface area contributed by atoms with E-state index in [4.69, 9.17) is 15.6 Å². The molecule has 1 aliphatic rings. The van der Waals surface area contributed by atoms with Gasteiger partial charge in [-0.15, -0.1) is 10.2 Å². The topological polar surface area (TPSA) is 93.3 Å². The molecule has 0 saturated heterocycles. The molecule has 0 radical (unpaired) electrons. The predicted molar refractivity (Wildman–Crippen MR) is 117 cm³/mol. The van der Waals surface area contributed by atoms with Gasteiger partial charge in [-0.05, 0) is 56.0 Å². The number of nitrogens with one attached hydrogen (secondary N) is 1. The van der Waals surface area contributed by atoms with E-state index in [1.807, 2.05) is 32.0 Å². The number of aliphatic hydroxyl groups is 1. The zero-order valence-electron chi connectivity index (χ0n) is 16.7. The third-order valence-corrected chi connectivity index (χ3v) is 6.05. The first-order chi connectivity index (χ1) is 14.1. The van der Waals surface area contributed by atoms with Gasteiger partial charge >= 0.3 is 0 Å². The van der Waals surface area contributed by atoms with E-state index >= 15 is 0 Å². The zero-order chi connectivity index (χ0) is 20.4. The Labute approximate surface area is 174 Å². The van der Waals surface area contributed by atoms with Crippen molar-refractivity contribution < 1.29 is 9.84 Å². The van der Waals surface area contributed by atoms with E-state index in [2.05, 4.69) is 33.7 Å². The first-order valence-corrected chi connectivity index (χ1v) is 10.7. The fourth-order valence-corrected chi connectivity index (χ4v) is 4.69. The van der Waals surface area contributed by atoms with Gasteiger partial charge < -0.3 is 20.9 Å². The van der Waals surface area contributed by atoms with Crippen LogP contribution in [-0.2, 0) is 6.42 Å². The Morgan fingerprint density at radius 1 is 1.24 bits per heavy atom. The number of aromatic nitrogens is 2.